The molecule has 8 nitrogen and oxygen atoms in total. The zero-order valence-corrected chi connectivity index (χ0v) is 25.5. The molecular weight excluding hydrogens is 552 g/mol. The van der Waals surface area contributed by atoms with Crippen LogP contribution >= 0.6 is 0 Å². The summed E-state index contributed by atoms with van der Waals surface area (Å²) < 4.78 is 27.1. The molecule has 2 fully saturated rings. The van der Waals surface area contributed by atoms with E-state index < -0.39 is 27.6 Å². The average Bonchev–Trinajstić information content (AvgIpc) is 3.36. The third kappa shape index (κ3) is 4.43. The third-order valence-corrected chi connectivity index (χ3v) is 12.5. The van der Waals surface area contributed by atoms with Crippen LogP contribution in [0.4, 0.5) is 0 Å². The Morgan fingerprint density at radius 3 is 1.62 bits per heavy atom. The van der Waals surface area contributed by atoms with E-state index in [1.165, 1.54) is 74.0 Å². The van der Waals surface area contributed by atoms with Crippen molar-refractivity contribution in [2.24, 2.45) is 23.2 Å². The van der Waals surface area contributed by atoms with Crippen molar-refractivity contribution in [3.05, 3.63) is 58.7 Å². The van der Waals surface area contributed by atoms with Gasteiger partial charge in [0, 0.05) is 13.1 Å². The summed E-state index contributed by atoms with van der Waals surface area (Å²) in [6, 6.07) is 7.65. The second-order valence-electron chi connectivity index (χ2n) is 13.4. The lowest BCUT2D eigenvalue weighted by molar-refractivity contribution is 0.0268. The summed E-state index contributed by atoms with van der Waals surface area (Å²) in [7, 11) is -2.78. The molecule has 0 spiro atoms. The Balaban J connectivity index is 1.19. The Kier molecular flexibility index (Phi) is 6.95. The largest absolute Gasteiger partial charge is 0.277 e. The molecule has 2 aromatic rings. The van der Waals surface area contributed by atoms with Gasteiger partial charge in [-0.3, -0.25) is 29.0 Å². The third-order valence-electron chi connectivity index (χ3n) is 10.8. The van der Waals surface area contributed by atoms with Gasteiger partial charge in [-0.15, -0.1) is 0 Å². The monoisotopic (exact) mass is 590 g/mol. The van der Waals surface area contributed by atoms with E-state index in [1.54, 1.807) is 0 Å². The van der Waals surface area contributed by atoms with Gasteiger partial charge >= 0.3 is 0 Å². The van der Waals surface area contributed by atoms with Gasteiger partial charge in [0.1, 0.15) is 0 Å². The average molecular weight is 591 g/mol. The van der Waals surface area contributed by atoms with Crippen molar-refractivity contribution >= 4 is 33.5 Å². The van der Waals surface area contributed by atoms with E-state index in [0.29, 0.717) is 11.8 Å². The molecule has 42 heavy (non-hydrogen) atoms. The molecule has 0 radical (unpaired) electrons. The fraction of sp³-hybridized carbons (Fsp3) is 0.515. The molecule has 0 saturated heterocycles. The van der Waals surface area contributed by atoms with Crippen LogP contribution in [-0.2, 0) is 9.84 Å². The van der Waals surface area contributed by atoms with Crippen molar-refractivity contribution in [1.29, 1.82) is 0 Å². The maximum Gasteiger partial charge on any atom is 0.261 e. The lowest BCUT2D eigenvalue weighted by Gasteiger charge is -2.47. The van der Waals surface area contributed by atoms with E-state index in [2.05, 4.69) is 20.8 Å². The minimum atomic E-state index is -4.13. The molecule has 4 aliphatic rings. The molecule has 2 aliphatic heterocycles. The van der Waals surface area contributed by atoms with Crippen LogP contribution in [-0.4, -0.2) is 54.9 Å². The molecule has 4 amide bonds. The molecule has 2 heterocycles. The Labute approximate surface area is 247 Å². The number of rotatable bonds is 5. The van der Waals surface area contributed by atoms with E-state index in [1.807, 2.05) is 0 Å². The highest BCUT2D eigenvalue weighted by atomic mass is 32.2. The molecule has 0 atom stereocenters. The van der Waals surface area contributed by atoms with E-state index in [9.17, 15) is 27.6 Å². The van der Waals surface area contributed by atoms with Crippen molar-refractivity contribution in [2.75, 3.05) is 7.05 Å². The molecule has 0 bridgehead atoms. The van der Waals surface area contributed by atoms with Gasteiger partial charge in [-0.25, -0.2) is 8.42 Å². The minimum absolute atomic E-state index is 0.0268. The summed E-state index contributed by atoms with van der Waals surface area (Å²) >= 11 is 0. The normalized spacial score (nSPS) is 26.6. The fourth-order valence-corrected chi connectivity index (χ4v) is 9.11. The van der Waals surface area contributed by atoms with Crippen LogP contribution in [0.5, 0.6) is 0 Å². The molecule has 0 aromatic heterocycles. The molecule has 2 aromatic carbocycles. The highest BCUT2D eigenvalue weighted by Gasteiger charge is 2.45. The molecule has 2 aliphatic carbocycles. The standard InChI is InChI=1S/C33H38N2O6S/c1-19-5-7-20(8-6-19)33(2,3)21-9-11-22(12-10-21)35-31(38)26-16-14-24(18-28(26)32(35)39)42(40,41)23-13-15-25-27(17-23)30(37)34(4)29(25)36/h13-22H,5-12H2,1-4H3. The van der Waals surface area contributed by atoms with Crippen molar-refractivity contribution < 1.29 is 27.6 Å². The Morgan fingerprint density at radius 1 is 0.643 bits per heavy atom. The molecule has 9 heteroatoms. The maximum absolute atomic E-state index is 13.6. The van der Waals surface area contributed by atoms with Gasteiger partial charge in [0.2, 0.25) is 9.84 Å². The zero-order valence-electron chi connectivity index (χ0n) is 24.7. The van der Waals surface area contributed by atoms with Gasteiger partial charge in [0.05, 0.1) is 32.0 Å². The number of carbonyl (C=O) groups excluding carboxylic acids is 4. The number of imide groups is 2. The van der Waals surface area contributed by atoms with Crippen LogP contribution in [0.3, 0.4) is 0 Å². The summed E-state index contributed by atoms with van der Waals surface area (Å²) in [6.45, 7) is 7.14. The van der Waals surface area contributed by atoms with E-state index in [4.69, 9.17) is 0 Å². The number of sulfone groups is 1. The van der Waals surface area contributed by atoms with Crippen LogP contribution in [0, 0.1) is 23.2 Å². The highest BCUT2D eigenvalue weighted by Crippen LogP contribution is 2.50. The number of nitrogens with zero attached hydrogens (tertiary/aromatic N) is 2. The summed E-state index contributed by atoms with van der Waals surface area (Å²) in [5, 5.41) is 0. The van der Waals surface area contributed by atoms with E-state index >= 15 is 0 Å². The summed E-state index contributed by atoms with van der Waals surface area (Å²) in [5.74, 6) is 0.196. The predicted molar refractivity (Wildman–Crippen MR) is 156 cm³/mol. The molecule has 0 N–H and O–H groups in total. The van der Waals surface area contributed by atoms with Crippen LogP contribution < -0.4 is 0 Å². The first-order valence-electron chi connectivity index (χ1n) is 15.1. The Morgan fingerprint density at radius 2 is 1.07 bits per heavy atom. The maximum atomic E-state index is 13.6. The van der Waals surface area contributed by atoms with Gasteiger partial charge in [0.25, 0.3) is 23.6 Å². The number of fused-ring (bicyclic) bond motifs is 2. The fourth-order valence-electron chi connectivity index (χ4n) is 7.80. The van der Waals surface area contributed by atoms with Gasteiger partial charge in [0.15, 0.2) is 0 Å². The summed E-state index contributed by atoms with van der Waals surface area (Å²) in [4.78, 5) is 53.6. The SMILES string of the molecule is CC1CCC(C(C)(C)C2CCC(N3C(=O)c4ccc(S(=O)(=O)c5ccc6c(c5)C(=O)N(C)C6=O)cc4C3=O)CC2)CC1. The first-order chi connectivity index (χ1) is 19.8. The molecule has 0 unspecified atom stereocenters. The number of hydrogen-bond acceptors (Lipinski definition) is 6. The predicted octanol–water partition coefficient (Wildman–Crippen LogP) is 5.75. The quantitative estimate of drug-likeness (QED) is 0.410. The van der Waals surface area contributed by atoms with Gasteiger partial charge < -0.3 is 0 Å². The van der Waals surface area contributed by atoms with Gasteiger partial charge in [-0.1, -0.05) is 33.6 Å². The van der Waals surface area contributed by atoms with E-state index in [0.717, 1.165) is 36.5 Å². The van der Waals surface area contributed by atoms with Crippen molar-refractivity contribution in [2.45, 2.75) is 88.0 Å². The van der Waals surface area contributed by atoms with Gasteiger partial charge in [-0.2, -0.15) is 0 Å². The highest BCUT2D eigenvalue weighted by molar-refractivity contribution is 7.91. The number of hydrogen-bond donors (Lipinski definition) is 0. The molecule has 222 valence electrons. The first-order valence-corrected chi connectivity index (χ1v) is 16.5. The first kappa shape index (κ1) is 28.8. The van der Waals surface area contributed by atoms with Crippen molar-refractivity contribution in [3.63, 3.8) is 0 Å². The van der Waals surface area contributed by atoms with Crippen LogP contribution in [0.1, 0.15) is 114 Å². The topological polar surface area (TPSA) is 109 Å². The second kappa shape index (κ2) is 10.1. The van der Waals surface area contributed by atoms with Crippen molar-refractivity contribution in [1.82, 2.24) is 9.80 Å². The lowest BCUT2D eigenvalue weighted by Crippen LogP contribution is -2.44. The summed E-state index contributed by atoms with van der Waals surface area (Å²) in [6.07, 6.45) is 8.56. The second-order valence-corrected chi connectivity index (χ2v) is 15.3. The Bertz CT molecular complexity index is 1610. The Hall–Kier alpha value is -3.33. The number of carbonyl (C=O) groups is 4. The van der Waals surface area contributed by atoms with E-state index in [-0.39, 0.29) is 49.4 Å². The minimum Gasteiger partial charge on any atom is -0.277 e. The van der Waals surface area contributed by atoms with Crippen LogP contribution in [0.25, 0.3) is 0 Å². The molecule has 2 saturated carbocycles. The van der Waals surface area contributed by atoms with Crippen molar-refractivity contribution in [3.8, 4) is 0 Å². The molecular formula is C33H38N2O6S. The van der Waals surface area contributed by atoms with Crippen LogP contribution in [0.15, 0.2) is 46.2 Å². The summed E-state index contributed by atoms with van der Waals surface area (Å²) in [5.41, 5.74) is 0.708. The van der Waals surface area contributed by atoms with Gasteiger partial charge in [-0.05, 0) is 98.1 Å². The zero-order chi connectivity index (χ0) is 30.1. The number of amides is 4. The van der Waals surface area contributed by atoms with Crippen LogP contribution in [0.2, 0.25) is 0 Å². The lowest BCUT2D eigenvalue weighted by atomic mass is 9.60. The molecule has 6 rings (SSSR count). The smallest absolute Gasteiger partial charge is 0.261 e. The number of benzene rings is 2.